The summed E-state index contributed by atoms with van der Waals surface area (Å²) in [6.07, 6.45) is 2.27. The van der Waals surface area contributed by atoms with E-state index >= 15 is 0 Å². The summed E-state index contributed by atoms with van der Waals surface area (Å²) >= 11 is 18.0. The maximum absolute atomic E-state index is 6.11. The van der Waals surface area contributed by atoms with E-state index in [9.17, 15) is 0 Å². The first-order chi connectivity index (χ1) is 6.68. The van der Waals surface area contributed by atoms with Crippen molar-refractivity contribution in [3.8, 4) is 0 Å². The van der Waals surface area contributed by atoms with Crippen LogP contribution in [0.4, 0.5) is 0 Å². The molecule has 14 heavy (non-hydrogen) atoms. The Hall–Kier alpha value is 0.0500. The molecule has 0 saturated carbocycles. The molecule has 1 aliphatic heterocycles. The molecule has 1 saturated heterocycles. The van der Waals surface area contributed by atoms with Gasteiger partial charge in [0.05, 0.1) is 10.0 Å². The Balaban J connectivity index is 2.40. The van der Waals surface area contributed by atoms with Crippen molar-refractivity contribution in [1.29, 1.82) is 0 Å². The molecule has 1 atom stereocenters. The molecule has 4 heteroatoms. The van der Waals surface area contributed by atoms with Crippen molar-refractivity contribution in [2.75, 3.05) is 6.54 Å². The van der Waals surface area contributed by atoms with Crippen LogP contribution in [0.25, 0.3) is 0 Å². The number of hydrogen-bond acceptors (Lipinski definition) is 1. The zero-order valence-electron chi connectivity index (χ0n) is 7.49. The SMILES string of the molecule is Clc1cc(Cl)c(Cl)c(C2CCCN2)c1. The molecule has 0 radical (unpaired) electrons. The Kier molecular flexibility index (Phi) is 3.23. The lowest BCUT2D eigenvalue weighted by Gasteiger charge is -2.13. The van der Waals surface area contributed by atoms with Gasteiger partial charge in [0.15, 0.2) is 0 Å². The van der Waals surface area contributed by atoms with Crippen molar-refractivity contribution >= 4 is 34.8 Å². The van der Waals surface area contributed by atoms with E-state index in [0.717, 1.165) is 18.5 Å². The van der Waals surface area contributed by atoms with Crippen molar-refractivity contribution in [2.24, 2.45) is 0 Å². The van der Waals surface area contributed by atoms with Crippen LogP contribution in [0.1, 0.15) is 24.4 Å². The molecular weight excluding hydrogens is 240 g/mol. The monoisotopic (exact) mass is 249 g/mol. The van der Waals surface area contributed by atoms with Gasteiger partial charge in [0.2, 0.25) is 0 Å². The molecule has 76 valence electrons. The topological polar surface area (TPSA) is 12.0 Å². The second-order valence-electron chi connectivity index (χ2n) is 3.44. The molecule has 0 aliphatic carbocycles. The van der Waals surface area contributed by atoms with Crippen LogP contribution in [0.15, 0.2) is 12.1 Å². The van der Waals surface area contributed by atoms with Crippen LogP contribution in [0.5, 0.6) is 0 Å². The minimum absolute atomic E-state index is 0.304. The van der Waals surface area contributed by atoms with Gasteiger partial charge < -0.3 is 5.32 Å². The molecule has 1 nitrogen and oxygen atoms in total. The van der Waals surface area contributed by atoms with E-state index in [4.69, 9.17) is 34.8 Å². The molecule has 1 fully saturated rings. The largest absolute Gasteiger partial charge is 0.310 e. The summed E-state index contributed by atoms with van der Waals surface area (Å²) in [6, 6.07) is 3.86. The third-order valence-corrected chi connectivity index (χ3v) is 3.49. The third-order valence-electron chi connectivity index (χ3n) is 2.46. The van der Waals surface area contributed by atoms with Gasteiger partial charge >= 0.3 is 0 Å². The van der Waals surface area contributed by atoms with Gasteiger partial charge in [0.1, 0.15) is 0 Å². The van der Waals surface area contributed by atoms with Crippen LogP contribution < -0.4 is 5.32 Å². The minimum atomic E-state index is 0.304. The molecule has 1 unspecified atom stereocenters. The quantitative estimate of drug-likeness (QED) is 0.741. The molecule has 0 bridgehead atoms. The van der Waals surface area contributed by atoms with Gasteiger partial charge in [-0.15, -0.1) is 0 Å². The first-order valence-corrected chi connectivity index (χ1v) is 5.69. The van der Waals surface area contributed by atoms with Gasteiger partial charge in [-0.25, -0.2) is 0 Å². The Morgan fingerprint density at radius 1 is 1.21 bits per heavy atom. The fourth-order valence-electron chi connectivity index (χ4n) is 1.78. The van der Waals surface area contributed by atoms with Crippen LogP contribution in [0.2, 0.25) is 15.1 Å². The van der Waals surface area contributed by atoms with E-state index < -0.39 is 0 Å². The lowest BCUT2D eigenvalue weighted by molar-refractivity contribution is 0.648. The highest BCUT2D eigenvalue weighted by Crippen LogP contribution is 2.36. The van der Waals surface area contributed by atoms with E-state index in [-0.39, 0.29) is 0 Å². The first-order valence-electron chi connectivity index (χ1n) is 4.56. The molecule has 0 amide bonds. The summed E-state index contributed by atoms with van der Waals surface area (Å²) < 4.78 is 0. The molecule has 1 N–H and O–H groups in total. The normalized spacial score (nSPS) is 21.5. The highest BCUT2D eigenvalue weighted by atomic mass is 35.5. The van der Waals surface area contributed by atoms with Crippen molar-refractivity contribution in [2.45, 2.75) is 18.9 Å². The van der Waals surface area contributed by atoms with Gasteiger partial charge in [-0.2, -0.15) is 0 Å². The number of halogens is 3. The number of rotatable bonds is 1. The van der Waals surface area contributed by atoms with Gasteiger partial charge in [0, 0.05) is 11.1 Å². The highest BCUT2D eigenvalue weighted by molar-refractivity contribution is 6.43. The molecule has 0 aromatic heterocycles. The van der Waals surface area contributed by atoms with Crippen molar-refractivity contribution in [1.82, 2.24) is 5.32 Å². The number of benzene rings is 1. The summed E-state index contributed by atoms with van der Waals surface area (Å²) in [7, 11) is 0. The van der Waals surface area contributed by atoms with Gasteiger partial charge in [-0.1, -0.05) is 34.8 Å². The molecule has 1 heterocycles. The van der Waals surface area contributed by atoms with Crippen molar-refractivity contribution in [3.63, 3.8) is 0 Å². The summed E-state index contributed by atoms with van der Waals surface area (Å²) in [5.74, 6) is 0. The van der Waals surface area contributed by atoms with E-state index in [0.29, 0.717) is 21.1 Å². The summed E-state index contributed by atoms with van der Waals surface area (Å²) in [5.41, 5.74) is 1.02. The zero-order valence-corrected chi connectivity index (χ0v) is 9.76. The second-order valence-corrected chi connectivity index (χ2v) is 4.66. The molecule has 1 aliphatic rings. The van der Waals surface area contributed by atoms with Gasteiger partial charge in [-0.3, -0.25) is 0 Å². The van der Waals surface area contributed by atoms with Crippen LogP contribution in [0.3, 0.4) is 0 Å². The maximum Gasteiger partial charge on any atom is 0.0641 e. The van der Waals surface area contributed by atoms with E-state index in [1.807, 2.05) is 6.07 Å². The number of nitrogens with one attached hydrogen (secondary N) is 1. The molecule has 2 rings (SSSR count). The van der Waals surface area contributed by atoms with Crippen LogP contribution >= 0.6 is 34.8 Å². The smallest absolute Gasteiger partial charge is 0.0641 e. The average molecular weight is 251 g/mol. The summed E-state index contributed by atoms with van der Waals surface area (Å²) in [6.45, 7) is 1.03. The summed E-state index contributed by atoms with van der Waals surface area (Å²) in [4.78, 5) is 0. The molecule has 1 aromatic rings. The Bertz CT molecular complexity index is 345. The van der Waals surface area contributed by atoms with Gasteiger partial charge in [0.25, 0.3) is 0 Å². The highest BCUT2D eigenvalue weighted by Gasteiger charge is 2.20. The Morgan fingerprint density at radius 3 is 2.64 bits per heavy atom. The fraction of sp³-hybridized carbons (Fsp3) is 0.400. The van der Waals surface area contributed by atoms with Crippen LogP contribution in [0, 0.1) is 0 Å². The fourth-order valence-corrected chi connectivity index (χ4v) is 2.53. The third kappa shape index (κ3) is 2.01. The maximum atomic E-state index is 6.11. The predicted octanol–water partition coefficient (Wildman–Crippen LogP) is 4.07. The molecule has 1 aromatic carbocycles. The second kappa shape index (κ2) is 4.28. The van der Waals surface area contributed by atoms with Crippen LogP contribution in [-0.2, 0) is 0 Å². The average Bonchev–Trinajstić information content (AvgIpc) is 2.63. The molecular formula is C10H10Cl3N. The lowest BCUT2D eigenvalue weighted by Crippen LogP contribution is -2.13. The van der Waals surface area contributed by atoms with E-state index in [1.165, 1.54) is 6.42 Å². The zero-order chi connectivity index (χ0) is 10.1. The van der Waals surface area contributed by atoms with Gasteiger partial charge in [-0.05, 0) is 37.1 Å². The Labute approximate surface area is 98.3 Å². The van der Waals surface area contributed by atoms with E-state index in [2.05, 4.69) is 5.32 Å². The number of hydrogen-bond donors (Lipinski definition) is 1. The van der Waals surface area contributed by atoms with Crippen LogP contribution in [-0.4, -0.2) is 6.54 Å². The standard InChI is InChI=1S/C10H10Cl3N/c11-6-4-7(9-2-1-3-14-9)10(13)8(12)5-6/h4-5,9,14H,1-3H2. The van der Waals surface area contributed by atoms with Crippen molar-refractivity contribution < 1.29 is 0 Å². The lowest BCUT2D eigenvalue weighted by atomic mass is 10.1. The minimum Gasteiger partial charge on any atom is -0.310 e. The Morgan fingerprint density at radius 2 is 2.00 bits per heavy atom. The van der Waals surface area contributed by atoms with E-state index in [1.54, 1.807) is 6.07 Å². The first kappa shape index (κ1) is 10.6. The summed E-state index contributed by atoms with van der Waals surface area (Å²) in [5, 5.41) is 5.16. The predicted molar refractivity (Wildman–Crippen MR) is 61.4 cm³/mol. The van der Waals surface area contributed by atoms with Crippen molar-refractivity contribution in [3.05, 3.63) is 32.8 Å². The molecule has 0 spiro atoms.